The molecule has 136 valence electrons. The number of hydrogen-bond acceptors (Lipinski definition) is 4. The Morgan fingerprint density at radius 1 is 1.11 bits per heavy atom. The lowest BCUT2D eigenvalue weighted by atomic mass is 10.1. The van der Waals surface area contributed by atoms with Crippen LogP contribution in [0.4, 0.5) is 10.7 Å². The van der Waals surface area contributed by atoms with E-state index in [4.69, 9.17) is 27.9 Å². The fourth-order valence-corrected chi connectivity index (χ4v) is 3.18. The number of halogens is 2. The van der Waals surface area contributed by atoms with Gasteiger partial charge in [-0.2, -0.15) is 0 Å². The first kappa shape index (κ1) is 17.5. The maximum absolute atomic E-state index is 11.3. The number of carbonyl (C=O) groups excluding carboxylic acids is 1. The maximum atomic E-state index is 11.3. The van der Waals surface area contributed by atoms with Crippen molar-refractivity contribution in [3.8, 4) is 11.5 Å². The molecule has 0 saturated heterocycles. The van der Waals surface area contributed by atoms with Gasteiger partial charge in [0.15, 0.2) is 0 Å². The van der Waals surface area contributed by atoms with Gasteiger partial charge in [-0.05, 0) is 17.5 Å². The number of rotatable bonds is 3. The van der Waals surface area contributed by atoms with Crippen molar-refractivity contribution < 1.29 is 14.3 Å². The number of methoxy groups -OCH3 is 1. The number of benzene rings is 3. The van der Waals surface area contributed by atoms with E-state index in [9.17, 15) is 4.79 Å². The summed E-state index contributed by atoms with van der Waals surface area (Å²) >= 11 is 12.8. The largest absolute Gasteiger partial charge is 0.454 e. The molecule has 0 fully saturated rings. The fraction of sp³-hybridized carbons (Fsp3) is 0.0526. The molecule has 6 nitrogen and oxygen atoms in total. The predicted molar refractivity (Wildman–Crippen MR) is 106 cm³/mol. The number of amides is 1. The van der Waals surface area contributed by atoms with Crippen LogP contribution >= 0.6 is 23.2 Å². The first-order valence-electron chi connectivity index (χ1n) is 7.94. The maximum Gasteiger partial charge on any atom is 0.413 e. The summed E-state index contributed by atoms with van der Waals surface area (Å²) in [4.78, 5) is 18.5. The number of hydrogen-bond donors (Lipinski definition) is 2. The highest BCUT2D eigenvalue weighted by Gasteiger charge is 2.13. The van der Waals surface area contributed by atoms with E-state index in [0.29, 0.717) is 32.6 Å². The highest BCUT2D eigenvalue weighted by Crippen LogP contribution is 2.39. The molecular formula is C19H13Cl2N3O3. The van der Waals surface area contributed by atoms with Crippen molar-refractivity contribution in [3.05, 3.63) is 58.6 Å². The van der Waals surface area contributed by atoms with Crippen LogP contribution in [0.3, 0.4) is 0 Å². The summed E-state index contributed by atoms with van der Waals surface area (Å²) in [7, 11) is 1.27. The first-order chi connectivity index (χ1) is 13.0. The standard InChI is InChI=1S/C19H13Cl2N3O3/c1-26-19(25)24-18-22-13-8-12(20)16(9-14(13)23-18)27-15-7-6-10-4-2-3-5-11(10)17(15)21/h2-9H,1H3,(H2,22,23,24,25). The number of aromatic nitrogens is 2. The smallest absolute Gasteiger partial charge is 0.413 e. The number of fused-ring (bicyclic) bond motifs is 2. The Morgan fingerprint density at radius 3 is 2.74 bits per heavy atom. The molecule has 0 aliphatic heterocycles. The Hall–Kier alpha value is -2.96. The number of imidazole rings is 1. The second kappa shape index (κ2) is 6.98. The van der Waals surface area contributed by atoms with Gasteiger partial charge in [0, 0.05) is 11.5 Å². The molecule has 27 heavy (non-hydrogen) atoms. The van der Waals surface area contributed by atoms with Crippen molar-refractivity contribution >= 4 is 57.0 Å². The van der Waals surface area contributed by atoms with Gasteiger partial charge < -0.3 is 14.5 Å². The van der Waals surface area contributed by atoms with E-state index < -0.39 is 6.09 Å². The second-order valence-electron chi connectivity index (χ2n) is 5.70. The molecule has 1 aromatic heterocycles. The van der Waals surface area contributed by atoms with Crippen LogP contribution in [0.15, 0.2) is 48.5 Å². The summed E-state index contributed by atoms with van der Waals surface area (Å²) in [5, 5.41) is 5.24. The molecular weight excluding hydrogens is 389 g/mol. The zero-order valence-electron chi connectivity index (χ0n) is 14.0. The molecule has 2 N–H and O–H groups in total. The Balaban J connectivity index is 1.70. The topological polar surface area (TPSA) is 76.2 Å². The van der Waals surface area contributed by atoms with Crippen molar-refractivity contribution in [2.45, 2.75) is 0 Å². The lowest BCUT2D eigenvalue weighted by molar-refractivity contribution is 0.186. The van der Waals surface area contributed by atoms with Gasteiger partial charge in [0.2, 0.25) is 5.95 Å². The Bertz CT molecular complexity index is 1170. The van der Waals surface area contributed by atoms with Gasteiger partial charge in [-0.25, -0.2) is 9.78 Å². The number of ether oxygens (including phenoxy) is 2. The van der Waals surface area contributed by atoms with Crippen LogP contribution in [0.2, 0.25) is 10.0 Å². The van der Waals surface area contributed by atoms with Crippen molar-refractivity contribution in [3.63, 3.8) is 0 Å². The van der Waals surface area contributed by atoms with E-state index in [1.54, 1.807) is 18.2 Å². The Labute approximate surface area is 164 Å². The second-order valence-corrected chi connectivity index (χ2v) is 6.49. The van der Waals surface area contributed by atoms with E-state index in [0.717, 1.165) is 10.8 Å². The SMILES string of the molecule is COC(=O)Nc1nc2cc(Oc3ccc4ccccc4c3Cl)c(Cl)cc2[nH]1. The molecule has 1 amide bonds. The average Bonchev–Trinajstić information content (AvgIpc) is 3.05. The molecule has 0 radical (unpaired) electrons. The van der Waals surface area contributed by atoms with Gasteiger partial charge in [-0.3, -0.25) is 5.32 Å². The van der Waals surface area contributed by atoms with E-state index in [-0.39, 0.29) is 5.95 Å². The van der Waals surface area contributed by atoms with Crippen LogP contribution in [0.25, 0.3) is 21.8 Å². The van der Waals surface area contributed by atoms with Gasteiger partial charge >= 0.3 is 6.09 Å². The predicted octanol–water partition coefficient (Wildman–Crippen LogP) is 5.99. The number of carbonyl (C=O) groups is 1. The Morgan fingerprint density at radius 2 is 1.93 bits per heavy atom. The number of H-pyrrole nitrogens is 1. The third-order valence-corrected chi connectivity index (χ3v) is 4.67. The van der Waals surface area contributed by atoms with Gasteiger partial charge in [0.1, 0.15) is 11.5 Å². The van der Waals surface area contributed by atoms with Crippen molar-refractivity contribution in [1.29, 1.82) is 0 Å². The summed E-state index contributed by atoms with van der Waals surface area (Å²) in [6, 6.07) is 14.8. The molecule has 0 bridgehead atoms. The highest BCUT2D eigenvalue weighted by molar-refractivity contribution is 6.37. The molecule has 3 aromatic carbocycles. The molecule has 0 saturated carbocycles. The summed E-state index contributed by atoms with van der Waals surface area (Å²) in [6.45, 7) is 0. The first-order valence-corrected chi connectivity index (χ1v) is 8.70. The third kappa shape index (κ3) is 3.37. The quantitative estimate of drug-likeness (QED) is 0.441. The number of nitrogens with zero attached hydrogens (tertiary/aromatic N) is 1. The zero-order valence-corrected chi connectivity index (χ0v) is 15.6. The van der Waals surface area contributed by atoms with Crippen LogP contribution in [0.1, 0.15) is 0 Å². The van der Waals surface area contributed by atoms with Crippen LogP contribution in [-0.4, -0.2) is 23.2 Å². The molecule has 0 aliphatic carbocycles. The van der Waals surface area contributed by atoms with Crippen molar-refractivity contribution in [2.24, 2.45) is 0 Å². The van der Waals surface area contributed by atoms with E-state index >= 15 is 0 Å². The number of nitrogens with one attached hydrogen (secondary N) is 2. The summed E-state index contributed by atoms with van der Waals surface area (Å²) < 4.78 is 10.5. The minimum absolute atomic E-state index is 0.244. The summed E-state index contributed by atoms with van der Waals surface area (Å²) in [6.07, 6.45) is -0.625. The molecule has 1 heterocycles. The molecule has 0 spiro atoms. The number of aromatic amines is 1. The lowest BCUT2D eigenvalue weighted by Gasteiger charge is -2.11. The summed E-state index contributed by atoms with van der Waals surface area (Å²) in [5.41, 5.74) is 1.21. The summed E-state index contributed by atoms with van der Waals surface area (Å²) in [5.74, 6) is 1.13. The minimum atomic E-state index is -0.625. The fourth-order valence-electron chi connectivity index (χ4n) is 2.71. The van der Waals surface area contributed by atoms with Gasteiger partial charge in [-0.1, -0.05) is 53.5 Å². The molecule has 4 aromatic rings. The highest BCUT2D eigenvalue weighted by atomic mass is 35.5. The van der Waals surface area contributed by atoms with Crippen molar-refractivity contribution in [1.82, 2.24) is 9.97 Å². The van der Waals surface area contributed by atoms with Crippen molar-refractivity contribution in [2.75, 3.05) is 12.4 Å². The van der Waals surface area contributed by atoms with Gasteiger partial charge in [0.05, 0.1) is 28.2 Å². The van der Waals surface area contributed by atoms with Gasteiger partial charge in [-0.15, -0.1) is 0 Å². The molecule has 4 rings (SSSR count). The monoisotopic (exact) mass is 401 g/mol. The minimum Gasteiger partial charge on any atom is -0.454 e. The lowest BCUT2D eigenvalue weighted by Crippen LogP contribution is -2.11. The molecule has 8 heteroatoms. The van der Waals surface area contributed by atoms with Gasteiger partial charge in [0.25, 0.3) is 0 Å². The number of anilines is 1. The van der Waals surface area contributed by atoms with Crippen LogP contribution in [0.5, 0.6) is 11.5 Å². The van der Waals surface area contributed by atoms with Crippen LogP contribution in [-0.2, 0) is 4.74 Å². The third-order valence-electron chi connectivity index (χ3n) is 3.99. The van der Waals surface area contributed by atoms with E-state index in [1.165, 1.54) is 7.11 Å². The van der Waals surface area contributed by atoms with Crippen LogP contribution in [0, 0.1) is 0 Å². The van der Waals surface area contributed by atoms with Crippen LogP contribution < -0.4 is 10.1 Å². The molecule has 0 aliphatic rings. The molecule has 0 atom stereocenters. The normalized spacial score (nSPS) is 10.9. The average molecular weight is 402 g/mol. The Kier molecular flexibility index (Phi) is 4.51. The van der Waals surface area contributed by atoms with E-state index in [2.05, 4.69) is 20.0 Å². The van der Waals surface area contributed by atoms with E-state index in [1.807, 2.05) is 30.3 Å². The molecule has 0 unspecified atom stereocenters. The zero-order chi connectivity index (χ0) is 19.0.